The number of benzene rings is 2. The van der Waals surface area contributed by atoms with Crippen molar-refractivity contribution in [2.24, 2.45) is 0 Å². The Kier molecular flexibility index (Phi) is 4.80. The summed E-state index contributed by atoms with van der Waals surface area (Å²) in [5.74, 6) is 0.766. The average Bonchev–Trinajstić information content (AvgIpc) is 3.36. The van der Waals surface area contributed by atoms with Crippen molar-refractivity contribution in [3.05, 3.63) is 88.1 Å². The number of aromatic nitrogens is 4. The van der Waals surface area contributed by atoms with Crippen LogP contribution in [0.3, 0.4) is 0 Å². The smallest absolute Gasteiger partial charge is 0.272 e. The molecule has 2 N–H and O–H groups in total. The molecular formula is C24H22N4O3. The molecule has 2 aromatic carbocycles. The minimum Gasteiger partial charge on any atom is -0.497 e. The van der Waals surface area contributed by atoms with Gasteiger partial charge >= 0.3 is 0 Å². The van der Waals surface area contributed by atoms with Crippen molar-refractivity contribution in [3.8, 4) is 16.9 Å². The Labute approximate surface area is 178 Å². The maximum atomic E-state index is 12.9. The summed E-state index contributed by atoms with van der Waals surface area (Å²) in [7, 11) is 3.26. The Morgan fingerprint density at radius 1 is 1.06 bits per heavy atom. The zero-order valence-corrected chi connectivity index (χ0v) is 17.3. The van der Waals surface area contributed by atoms with Crippen molar-refractivity contribution >= 4 is 16.6 Å². The molecule has 3 heterocycles. The van der Waals surface area contributed by atoms with Crippen LogP contribution in [0.5, 0.6) is 5.75 Å². The highest BCUT2D eigenvalue weighted by molar-refractivity contribution is 5.83. The van der Waals surface area contributed by atoms with Gasteiger partial charge in [-0.05, 0) is 29.3 Å². The van der Waals surface area contributed by atoms with Gasteiger partial charge < -0.3 is 14.5 Å². The van der Waals surface area contributed by atoms with Crippen LogP contribution >= 0.6 is 0 Å². The summed E-state index contributed by atoms with van der Waals surface area (Å²) in [6.07, 6.45) is 2.54. The molecule has 7 nitrogen and oxygen atoms in total. The average molecular weight is 414 g/mol. The second-order valence-electron chi connectivity index (χ2n) is 7.41. The van der Waals surface area contributed by atoms with Gasteiger partial charge in [-0.1, -0.05) is 30.3 Å². The van der Waals surface area contributed by atoms with Gasteiger partial charge in [-0.25, -0.2) is 9.50 Å². The fourth-order valence-corrected chi connectivity index (χ4v) is 4.00. The van der Waals surface area contributed by atoms with E-state index in [1.54, 1.807) is 20.3 Å². The summed E-state index contributed by atoms with van der Waals surface area (Å²) >= 11 is 0. The number of hydrogen-bond acceptors (Lipinski definition) is 4. The van der Waals surface area contributed by atoms with E-state index >= 15 is 0 Å². The van der Waals surface area contributed by atoms with Crippen molar-refractivity contribution in [3.63, 3.8) is 0 Å². The number of ether oxygens (including phenoxy) is 2. The number of H-pyrrole nitrogens is 2. The number of para-hydroxylation sites is 1. The lowest BCUT2D eigenvalue weighted by molar-refractivity contribution is 0.181. The van der Waals surface area contributed by atoms with Crippen LogP contribution in [-0.4, -0.2) is 33.8 Å². The van der Waals surface area contributed by atoms with Crippen LogP contribution in [0.2, 0.25) is 0 Å². The molecule has 0 atom stereocenters. The zero-order valence-electron chi connectivity index (χ0n) is 17.3. The van der Waals surface area contributed by atoms with Crippen LogP contribution < -0.4 is 10.3 Å². The topological polar surface area (TPSA) is 84.4 Å². The fourth-order valence-electron chi connectivity index (χ4n) is 4.00. The molecule has 0 spiro atoms. The van der Waals surface area contributed by atoms with E-state index in [1.165, 1.54) is 4.52 Å². The normalized spacial score (nSPS) is 11.4. The Balaban J connectivity index is 1.65. The number of hydrogen-bond donors (Lipinski definition) is 2. The largest absolute Gasteiger partial charge is 0.497 e. The molecule has 156 valence electrons. The Bertz CT molecular complexity index is 1430. The second-order valence-corrected chi connectivity index (χ2v) is 7.41. The third-order valence-corrected chi connectivity index (χ3v) is 5.46. The molecule has 0 radical (unpaired) electrons. The first-order valence-corrected chi connectivity index (χ1v) is 10.00. The number of fused-ring (bicyclic) bond motifs is 2. The molecule has 0 fully saturated rings. The molecule has 0 bridgehead atoms. The fraction of sp³-hybridized carbons (Fsp3) is 0.167. The van der Waals surface area contributed by atoms with Crippen molar-refractivity contribution in [1.82, 2.24) is 19.6 Å². The number of methoxy groups -OCH3 is 2. The van der Waals surface area contributed by atoms with Crippen molar-refractivity contribution in [2.75, 3.05) is 14.2 Å². The molecule has 31 heavy (non-hydrogen) atoms. The highest BCUT2D eigenvalue weighted by Gasteiger charge is 2.18. The van der Waals surface area contributed by atoms with Crippen LogP contribution in [0.25, 0.3) is 27.7 Å². The van der Waals surface area contributed by atoms with Gasteiger partial charge in [-0.3, -0.25) is 9.89 Å². The standard InChI is InChI=1S/C24H22N4O3/c1-30-14-21-23(15-7-9-18(31-2)10-8-15)24-26-17(12-22(29)28(24)27-21)11-16-13-25-20-6-4-3-5-19(16)20/h3-10,12-13,25,27H,11,14H2,1-2H3. The maximum Gasteiger partial charge on any atom is 0.272 e. The predicted octanol–water partition coefficient (Wildman–Crippen LogP) is 3.92. The van der Waals surface area contributed by atoms with Crippen LogP contribution in [0, 0.1) is 0 Å². The lowest BCUT2D eigenvalue weighted by Gasteiger charge is -2.06. The summed E-state index contributed by atoms with van der Waals surface area (Å²) in [5.41, 5.74) is 5.89. The monoisotopic (exact) mass is 414 g/mol. The summed E-state index contributed by atoms with van der Waals surface area (Å²) < 4.78 is 12.1. The van der Waals surface area contributed by atoms with E-state index in [1.807, 2.05) is 48.7 Å². The van der Waals surface area contributed by atoms with Gasteiger partial charge in [0, 0.05) is 42.3 Å². The van der Waals surface area contributed by atoms with Crippen molar-refractivity contribution in [2.45, 2.75) is 13.0 Å². The highest BCUT2D eigenvalue weighted by atomic mass is 16.5. The van der Waals surface area contributed by atoms with Crippen LogP contribution in [-0.2, 0) is 17.8 Å². The Morgan fingerprint density at radius 3 is 2.65 bits per heavy atom. The predicted molar refractivity (Wildman–Crippen MR) is 120 cm³/mol. The number of nitrogens with one attached hydrogen (secondary N) is 2. The van der Waals surface area contributed by atoms with E-state index in [4.69, 9.17) is 14.5 Å². The molecule has 0 aliphatic heterocycles. The summed E-state index contributed by atoms with van der Waals surface area (Å²) in [4.78, 5) is 21.1. The van der Waals surface area contributed by atoms with Gasteiger partial charge in [0.25, 0.3) is 5.56 Å². The molecule has 3 aromatic heterocycles. The number of rotatable bonds is 6. The number of aromatic amines is 2. The molecule has 5 rings (SSSR count). The zero-order chi connectivity index (χ0) is 21.4. The van der Waals surface area contributed by atoms with E-state index in [9.17, 15) is 4.79 Å². The Hall–Kier alpha value is -3.84. The minimum atomic E-state index is -0.156. The molecule has 0 saturated carbocycles. The SMILES string of the molecule is COCc1[nH]n2c(=O)cc(Cc3c[nH]c4ccccc34)nc2c1-c1ccc(OC)cc1. The van der Waals surface area contributed by atoms with Crippen LogP contribution in [0.1, 0.15) is 17.0 Å². The molecule has 0 unspecified atom stereocenters. The quantitative estimate of drug-likeness (QED) is 0.441. The maximum absolute atomic E-state index is 12.9. The molecular weight excluding hydrogens is 392 g/mol. The van der Waals surface area contributed by atoms with Gasteiger partial charge in [0.2, 0.25) is 0 Å². The second kappa shape index (κ2) is 7.77. The minimum absolute atomic E-state index is 0.156. The van der Waals surface area contributed by atoms with Gasteiger partial charge in [-0.2, -0.15) is 0 Å². The van der Waals surface area contributed by atoms with E-state index in [0.717, 1.165) is 39.0 Å². The van der Waals surface area contributed by atoms with E-state index in [-0.39, 0.29) is 5.56 Å². The molecule has 0 aliphatic rings. The number of nitrogens with zero attached hydrogens (tertiary/aromatic N) is 2. The Morgan fingerprint density at radius 2 is 1.87 bits per heavy atom. The summed E-state index contributed by atoms with van der Waals surface area (Å²) in [5, 5.41) is 4.29. The third-order valence-electron chi connectivity index (χ3n) is 5.46. The summed E-state index contributed by atoms with van der Waals surface area (Å²) in [6, 6.07) is 17.4. The van der Waals surface area contributed by atoms with Gasteiger partial charge in [0.1, 0.15) is 5.75 Å². The highest BCUT2D eigenvalue weighted by Crippen LogP contribution is 2.29. The van der Waals surface area contributed by atoms with Gasteiger partial charge in [0.15, 0.2) is 5.65 Å². The third kappa shape index (κ3) is 3.39. The van der Waals surface area contributed by atoms with Crippen LogP contribution in [0.15, 0.2) is 65.6 Å². The lowest BCUT2D eigenvalue weighted by atomic mass is 10.1. The first kappa shape index (κ1) is 19.1. The first-order chi connectivity index (χ1) is 15.2. The molecule has 0 aliphatic carbocycles. The lowest BCUT2D eigenvalue weighted by Crippen LogP contribution is -2.16. The van der Waals surface area contributed by atoms with E-state index < -0.39 is 0 Å². The molecule has 5 aromatic rings. The molecule has 7 heteroatoms. The summed E-state index contributed by atoms with van der Waals surface area (Å²) in [6.45, 7) is 0.335. The molecule has 0 saturated heterocycles. The van der Waals surface area contributed by atoms with Gasteiger partial charge in [0.05, 0.1) is 25.1 Å². The van der Waals surface area contributed by atoms with Crippen molar-refractivity contribution < 1.29 is 9.47 Å². The van der Waals surface area contributed by atoms with E-state index in [2.05, 4.69) is 16.1 Å². The first-order valence-electron chi connectivity index (χ1n) is 10.00. The van der Waals surface area contributed by atoms with Crippen LogP contribution in [0.4, 0.5) is 0 Å². The molecule has 0 amide bonds. The van der Waals surface area contributed by atoms with Crippen molar-refractivity contribution in [1.29, 1.82) is 0 Å². The van der Waals surface area contributed by atoms with E-state index in [0.29, 0.717) is 24.4 Å². The van der Waals surface area contributed by atoms with Gasteiger partial charge in [-0.15, -0.1) is 0 Å².